The summed E-state index contributed by atoms with van der Waals surface area (Å²) in [6.07, 6.45) is 8.12. The fourth-order valence-corrected chi connectivity index (χ4v) is 1.54. The molecule has 1 aromatic carbocycles. The van der Waals surface area contributed by atoms with Gasteiger partial charge >= 0.3 is 5.97 Å². The Morgan fingerprint density at radius 2 is 1.72 bits per heavy atom. The number of nitrogens with one attached hydrogen (secondary N) is 1. The SMILES string of the molecule is C=CC(=O)NC(C)C.CC(C)(C)OC(=O)C=CC=Cc1ccccc1. The van der Waals surface area contributed by atoms with Crippen molar-refractivity contribution in [3.63, 3.8) is 0 Å². The topological polar surface area (TPSA) is 55.4 Å². The quantitative estimate of drug-likeness (QED) is 0.493. The molecule has 0 aliphatic rings. The number of ether oxygens (including phenoxy) is 1. The molecule has 1 aromatic rings. The zero-order valence-electron chi connectivity index (χ0n) is 15.8. The van der Waals surface area contributed by atoms with Gasteiger partial charge in [0.1, 0.15) is 5.60 Å². The van der Waals surface area contributed by atoms with Crippen LogP contribution < -0.4 is 5.32 Å². The van der Waals surface area contributed by atoms with Crippen LogP contribution in [0.1, 0.15) is 40.2 Å². The van der Waals surface area contributed by atoms with E-state index in [-0.39, 0.29) is 17.9 Å². The molecule has 1 rings (SSSR count). The molecule has 0 aliphatic carbocycles. The summed E-state index contributed by atoms with van der Waals surface area (Å²) in [5.41, 5.74) is 0.659. The fraction of sp³-hybridized carbons (Fsp3) is 0.333. The lowest BCUT2D eigenvalue weighted by Gasteiger charge is -2.17. The first kappa shape index (κ1) is 22.4. The van der Waals surface area contributed by atoms with Gasteiger partial charge < -0.3 is 10.1 Å². The monoisotopic (exact) mass is 343 g/mol. The Labute approximate surface area is 151 Å². The third-order valence-corrected chi connectivity index (χ3v) is 2.45. The number of carbonyl (C=O) groups excluding carboxylic acids is 2. The summed E-state index contributed by atoms with van der Waals surface area (Å²) >= 11 is 0. The summed E-state index contributed by atoms with van der Waals surface area (Å²) in [6, 6.07) is 10.1. The third kappa shape index (κ3) is 14.7. The van der Waals surface area contributed by atoms with Crippen LogP contribution in [-0.2, 0) is 14.3 Å². The lowest BCUT2D eigenvalue weighted by Crippen LogP contribution is -2.27. The van der Waals surface area contributed by atoms with E-state index in [1.54, 1.807) is 6.08 Å². The number of esters is 1. The minimum Gasteiger partial charge on any atom is -0.457 e. The molecule has 25 heavy (non-hydrogen) atoms. The molecule has 0 heterocycles. The molecule has 1 N–H and O–H groups in total. The van der Waals surface area contributed by atoms with E-state index in [9.17, 15) is 9.59 Å². The van der Waals surface area contributed by atoms with E-state index in [1.807, 2.05) is 77.1 Å². The summed E-state index contributed by atoms with van der Waals surface area (Å²) in [6.45, 7) is 12.6. The van der Waals surface area contributed by atoms with Crippen molar-refractivity contribution in [2.45, 2.75) is 46.3 Å². The van der Waals surface area contributed by atoms with Gasteiger partial charge in [-0.1, -0.05) is 55.1 Å². The molecule has 4 nitrogen and oxygen atoms in total. The molecule has 1 amide bonds. The Morgan fingerprint density at radius 3 is 2.16 bits per heavy atom. The lowest BCUT2D eigenvalue weighted by atomic mass is 10.2. The molecule has 0 fully saturated rings. The van der Waals surface area contributed by atoms with Crippen LogP contribution in [-0.4, -0.2) is 23.5 Å². The average Bonchev–Trinajstić information content (AvgIpc) is 2.51. The van der Waals surface area contributed by atoms with Gasteiger partial charge in [-0.05, 0) is 46.3 Å². The van der Waals surface area contributed by atoms with E-state index >= 15 is 0 Å². The van der Waals surface area contributed by atoms with Gasteiger partial charge in [0.2, 0.25) is 5.91 Å². The van der Waals surface area contributed by atoms with Gasteiger partial charge in [0, 0.05) is 12.1 Å². The standard InChI is InChI=1S/C15H18O2.C6H11NO/c1-15(2,3)17-14(16)12-8-7-11-13-9-5-4-6-10-13;1-4-6(8)7-5(2)3/h4-12H,1-3H3;4-5H,1H2,2-3H3,(H,7,8). The van der Waals surface area contributed by atoms with Gasteiger partial charge in [0.15, 0.2) is 0 Å². The second-order valence-corrected chi connectivity index (χ2v) is 6.53. The first-order chi connectivity index (χ1) is 11.6. The average molecular weight is 343 g/mol. The molecule has 0 atom stereocenters. The highest BCUT2D eigenvalue weighted by Crippen LogP contribution is 2.07. The number of allylic oxidation sites excluding steroid dienone is 2. The molecule has 0 aromatic heterocycles. The molecule has 0 bridgehead atoms. The van der Waals surface area contributed by atoms with E-state index in [4.69, 9.17) is 4.74 Å². The van der Waals surface area contributed by atoms with Crippen LogP contribution in [0.25, 0.3) is 6.08 Å². The van der Waals surface area contributed by atoms with Crippen molar-refractivity contribution >= 4 is 18.0 Å². The summed E-state index contributed by atoms with van der Waals surface area (Å²) in [5.74, 6) is -0.435. The van der Waals surface area contributed by atoms with Crippen LogP contribution in [0.15, 0.2) is 61.2 Å². The van der Waals surface area contributed by atoms with Crippen molar-refractivity contribution < 1.29 is 14.3 Å². The number of rotatable bonds is 5. The van der Waals surface area contributed by atoms with Crippen LogP contribution in [0.5, 0.6) is 0 Å². The minimum atomic E-state index is -0.440. The molecule has 0 spiro atoms. The Morgan fingerprint density at radius 1 is 1.12 bits per heavy atom. The molecule has 4 heteroatoms. The molecule has 0 saturated carbocycles. The van der Waals surface area contributed by atoms with Gasteiger partial charge in [-0.15, -0.1) is 0 Å². The van der Waals surface area contributed by atoms with E-state index in [2.05, 4.69) is 11.9 Å². The number of hydrogen-bond donors (Lipinski definition) is 1. The molecule has 0 aliphatic heterocycles. The van der Waals surface area contributed by atoms with Crippen LogP contribution in [0, 0.1) is 0 Å². The first-order valence-electron chi connectivity index (χ1n) is 8.19. The maximum atomic E-state index is 11.3. The second-order valence-electron chi connectivity index (χ2n) is 6.53. The van der Waals surface area contributed by atoms with Crippen LogP contribution in [0.2, 0.25) is 0 Å². The smallest absolute Gasteiger partial charge is 0.331 e. The summed E-state index contributed by atoms with van der Waals surface area (Å²) in [4.78, 5) is 21.7. The fourth-order valence-electron chi connectivity index (χ4n) is 1.54. The van der Waals surface area contributed by atoms with Crippen molar-refractivity contribution in [1.29, 1.82) is 0 Å². The summed E-state index contributed by atoms with van der Waals surface area (Å²) in [7, 11) is 0. The Hall–Kier alpha value is -2.62. The third-order valence-electron chi connectivity index (χ3n) is 2.45. The number of carbonyl (C=O) groups is 2. The van der Waals surface area contributed by atoms with Gasteiger partial charge in [0.05, 0.1) is 0 Å². The Balaban J connectivity index is 0.000000609. The van der Waals surface area contributed by atoms with Gasteiger partial charge in [-0.25, -0.2) is 4.79 Å². The highest BCUT2D eigenvalue weighted by atomic mass is 16.6. The maximum absolute atomic E-state index is 11.3. The Kier molecular flexibility index (Phi) is 10.6. The first-order valence-corrected chi connectivity index (χ1v) is 8.19. The van der Waals surface area contributed by atoms with Crippen molar-refractivity contribution in [1.82, 2.24) is 5.32 Å². The second kappa shape index (κ2) is 11.8. The summed E-state index contributed by atoms with van der Waals surface area (Å²) < 4.78 is 5.13. The number of amides is 1. The predicted octanol–water partition coefficient (Wildman–Crippen LogP) is 4.29. The van der Waals surface area contributed by atoms with Crippen molar-refractivity contribution in [3.05, 3.63) is 66.8 Å². The van der Waals surface area contributed by atoms with Gasteiger partial charge in [-0.2, -0.15) is 0 Å². The lowest BCUT2D eigenvalue weighted by molar-refractivity contribution is -0.148. The van der Waals surface area contributed by atoms with Gasteiger partial charge in [-0.3, -0.25) is 4.79 Å². The van der Waals surface area contributed by atoms with Crippen molar-refractivity contribution in [2.75, 3.05) is 0 Å². The van der Waals surface area contributed by atoms with Crippen LogP contribution in [0.4, 0.5) is 0 Å². The van der Waals surface area contributed by atoms with Crippen LogP contribution >= 0.6 is 0 Å². The molecule has 0 saturated heterocycles. The largest absolute Gasteiger partial charge is 0.457 e. The normalized spacial score (nSPS) is 11.1. The zero-order chi connectivity index (χ0) is 19.3. The van der Waals surface area contributed by atoms with E-state index in [1.165, 1.54) is 12.2 Å². The predicted molar refractivity (Wildman–Crippen MR) is 104 cm³/mol. The van der Waals surface area contributed by atoms with Gasteiger partial charge in [0.25, 0.3) is 0 Å². The number of hydrogen-bond acceptors (Lipinski definition) is 3. The van der Waals surface area contributed by atoms with E-state index < -0.39 is 5.60 Å². The maximum Gasteiger partial charge on any atom is 0.331 e. The highest BCUT2D eigenvalue weighted by Gasteiger charge is 2.13. The van der Waals surface area contributed by atoms with E-state index in [0.717, 1.165) is 5.56 Å². The van der Waals surface area contributed by atoms with Crippen molar-refractivity contribution in [2.24, 2.45) is 0 Å². The molecule has 0 radical (unpaired) electrons. The molecular weight excluding hydrogens is 314 g/mol. The molecule has 0 unspecified atom stereocenters. The molecular formula is C21H29NO3. The van der Waals surface area contributed by atoms with E-state index in [0.29, 0.717) is 0 Å². The van der Waals surface area contributed by atoms with Crippen molar-refractivity contribution in [3.8, 4) is 0 Å². The number of benzene rings is 1. The zero-order valence-corrected chi connectivity index (χ0v) is 15.8. The Bertz CT molecular complexity index is 593. The minimum absolute atomic E-state index is 0.111. The molecule has 136 valence electrons. The highest BCUT2D eigenvalue weighted by molar-refractivity contribution is 5.87. The van der Waals surface area contributed by atoms with Crippen LogP contribution in [0.3, 0.4) is 0 Å². The summed E-state index contributed by atoms with van der Waals surface area (Å²) in [5, 5.41) is 2.64.